The van der Waals surface area contributed by atoms with Crippen molar-refractivity contribution in [2.45, 2.75) is 51.7 Å². The lowest BCUT2D eigenvalue weighted by Gasteiger charge is -2.24. The lowest BCUT2D eigenvalue weighted by Crippen LogP contribution is -2.43. The van der Waals surface area contributed by atoms with E-state index >= 15 is 0 Å². The Kier molecular flexibility index (Phi) is 3.33. The molecule has 3 rings (SSSR count). The highest BCUT2D eigenvalue weighted by Gasteiger charge is 2.48. The van der Waals surface area contributed by atoms with Crippen molar-refractivity contribution in [3.05, 3.63) is 35.4 Å². The molecule has 0 bridgehead atoms. The molecule has 108 valence electrons. The molecule has 1 amide bonds. The van der Waals surface area contributed by atoms with Crippen LogP contribution in [0.4, 0.5) is 0 Å². The summed E-state index contributed by atoms with van der Waals surface area (Å²) >= 11 is 0. The van der Waals surface area contributed by atoms with Crippen LogP contribution in [-0.4, -0.2) is 22.9 Å². The Labute approximate surface area is 121 Å². The first-order valence-corrected chi connectivity index (χ1v) is 7.69. The first kappa shape index (κ1) is 13.6. The Hall–Kier alpha value is -1.35. The summed E-state index contributed by atoms with van der Waals surface area (Å²) in [7, 11) is 0. The summed E-state index contributed by atoms with van der Waals surface area (Å²) in [6.45, 7) is 7.11. The van der Waals surface area contributed by atoms with Crippen LogP contribution in [-0.2, 0) is 4.79 Å². The Balaban J connectivity index is 1.89. The number of carbonyl (C=O) groups excluding carboxylic acids is 1. The fourth-order valence-corrected chi connectivity index (χ4v) is 2.91. The second kappa shape index (κ2) is 4.88. The highest BCUT2D eigenvalue weighted by Crippen LogP contribution is 2.37. The fourth-order valence-electron chi connectivity index (χ4n) is 2.91. The molecule has 20 heavy (non-hydrogen) atoms. The minimum atomic E-state index is -0.412. The predicted octanol–water partition coefficient (Wildman–Crippen LogP) is 3.00. The van der Waals surface area contributed by atoms with Gasteiger partial charge in [-0.2, -0.15) is 0 Å². The standard InChI is InChI=1S/C17H24N2O/c1-4-17(3)16(20)19(11-13-7-8-13)15(18-17)14-9-5-12(2)6-10-14/h5-6,9-10,13,15,18H,4,7-8,11H2,1-3H3. The molecule has 1 saturated heterocycles. The number of nitrogens with one attached hydrogen (secondary N) is 1. The van der Waals surface area contributed by atoms with E-state index in [-0.39, 0.29) is 12.1 Å². The van der Waals surface area contributed by atoms with E-state index in [0.717, 1.165) is 13.0 Å². The lowest BCUT2D eigenvalue weighted by atomic mass is 9.99. The largest absolute Gasteiger partial charge is 0.321 e. The van der Waals surface area contributed by atoms with Crippen molar-refractivity contribution in [1.82, 2.24) is 10.2 Å². The van der Waals surface area contributed by atoms with Crippen molar-refractivity contribution in [2.24, 2.45) is 5.92 Å². The van der Waals surface area contributed by atoms with Gasteiger partial charge >= 0.3 is 0 Å². The van der Waals surface area contributed by atoms with E-state index in [0.29, 0.717) is 5.92 Å². The third kappa shape index (κ3) is 2.35. The van der Waals surface area contributed by atoms with Crippen molar-refractivity contribution in [2.75, 3.05) is 6.54 Å². The molecule has 1 aromatic carbocycles. The summed E-state index contributed by atoms with van der Waals surface area (Å²) < 4.78 is 0. The van der Waals surface area contributed by atoms with Crippen LogP contribution in [0.5, 0.6) is 0 Å². The Morgan fingerprint density at radius 1 is 1.30 bits per heavy atom. The number of rotatable bonds is 4. The second-order valence-corrected chi connectivity index (χ2v) is 6.54. The zero-order chi connectivity index (χ0) is 14.3. The maximum absolute atomic E-state index is 12.7. The third-order valence-corrected chi connectivity index (χ3v) is 4.75. The summed E-state index contributed by atoms with van der Waals surface area (Å²) in [4.78, 5) is 14.8. The molecule has 1 aromatic rings. The van der Waals surface area contributed by atoms with E-state index in [2.05, 4.69) is 48.3 Å². The van der Waals surface area contributed by atoms with E-state index in [1.54, 1.807) is 0 Å². The molecule has 2 aliphatic rings. The first-order valence-electron chi connectivity index (χ1n) is 7.69. The van der Waals surface area contributed by atoms with Gasteiger partial charge in [-0.05, 0) is 44.6 Å². The van der Waals surface area contributed by atoms with Gasteiger partial charge in [-0.15, -0.1) is 0 Å². The molecule has 0 radical (unpaired) electrons. The second-order valence-electron chi connectivity index (χ2n) is 6.54. The highest BCUT2D eigenvalue weighted by atomic mass is 16.2. The molecular weight excluding hydrogens is 248 g/mol. The number of hydrogen-bond acceptors (Lipinski definition) is 2. The number of amides is 1. The van der Waals surface area contributed by atoms with Gasteiger partial charge in [-0.1, -0.05) is 36.8 Å². The van der Waals surface area contributed by atoms with Crippen LogP contribution in [0.15, 0.2) is 24.3 Å². The first-order chi connectivity index (χ1) is 9.53. The Morgan fingerprint density at radius 2 is 1.95 bits per heavy atom. The smallest absolute Gasteiger partial charge is 0.244 e. The summed E-state index contributed by atoms with van der Waals surface area (Å²) in [5, 5.41) is 3.56. The molecule has 1 saturated carbocycles. The van der Waals surface area contributed by atoms with Gasteiger partial charge in [-0.3, -0.25) is 10.1 Å². The SMILES string of the molecule is CCC1(C)NC(c2ccc(C)cc2)N(CC2CC2)C1=O. The summed E-state index contributed by atoms with van der Waals surface area (Å²) in [6.07, 6.45) is 3.41. The normalized spacial score (nSPS) is 30.1. The molecule has 1 heterocycles. The molecule has 1 N–H and O–H groups in total. The quantitative estimate of drug-likeness (QED) is 0.914. The molecule has 2 fully saturated rings. The van der Waals surface area contributed by atoms with Crippen molar-refractivity contribution in [1.29, 1.82) is 0 Å². The summed E-state index contributed by atoms with van der Waals surface area (Å²) in [6, 6.07) is 8.53. The topological polar surface area (TPSA) is 32.3 Å². The van der Waals surface area contributed by atoms with Crippen molar-refractivity contribution < 1.29 is 4.79 Å². The Morgan fingerprint density at radius 3 is 2.50 bits per heavy atom. The number of hydrogen-bond donors (Lipinski definition) is 1. The van der Waals surface area contributed by atoms with Gasteiger partial charge in [0, 0.05) is 6.54 Å². The number of carbonyl (C=O) groups is 1. The van der Waals surface area contributed by atoms with Crippen LogP contribution >= 0.6 is 0 Å². The van der Waals surface area contributed by atoms with E-state index in [4.69, 9.17) is 0 Å². The van der Waals surface area contributed by atoms with Crippen molar-refractivity contribution in [3.63, 3.8) is 0 Å². The molecule has 3 heteroatoms. The van der Waals surface area contributed by atoms with Crippen LogP contribution in [0.1, 0.15) is 50.4 Å². The van der Waals surface area contributed by atoms with Gasteiger partial charge in [0.25, 0.3) is 0 Å². The molecule has 3 nitrogen and oxygen atoms in total. The molecule has 2 atom stereocenters. The van der Waals surface area contributed by atoms with Gasteiger partial charge < -0.3 is 4.90 Å². The lowest BCUT2D eigenvalue weighted by molar-refractivity contribution is -0.133. The van der Waals surface area contributed by atoms with Crippen LogP contribution in [0.3, 0.4) is 0 Å². The Bertz CT molecular complexity index is 506. The van der Waals surface area contributed by atoms with Gasteiger partial charge in [0.05, 0.1) is 5.54 Å². The van der Waals surface area contributed by atoms with Gasteiger partial charge in [0.15, 0.2) is 0 Å². The highest BCUT2D eigenvalue weighted by molar-refractivity contribution is 5.88. The van der Waals surface area contributed by atoms with Crippen LogP contribution in [0.2, 0.25) is 0 Å². The van der Waals surface area contributed by atoms with E-state index < -0.39 is 5.54 Å². The van der Waals surface area contributed by atoms with Gasteiger partial charge in [-0.25, -0.2) is 0 Å². The van der Waals surface area contributed by atoms with E-state index in [1.165, 1.54) is 24.0 Å². The van der Waals surface area contributed by atoms with Crippen LogP contribution in [0, 0.1) is 12.8 Å². The molecule has 1 aliphatic heterocycles. The number of aryl methyl sites for hydroxylation is 1. The van der Waals surface area contributed by atoms with Crippen molar-refractivity contribution in [3.8, 4) is 0 Å². The molecule has 0 spiro atoms. The van der Waals surface area contributed by atoms with Crippen molar-refractivity contribution >= 4 is 5.91 Å². The number of nitrogens with zero attached hydrogens (tertiary/aromatic N) is 1. The molecular formula is C17H24N2O. The molecule has 1 aliphatic carbocycles. The summed E-state index contributed by atoms with van der Waals surface area (Å²) in [5.41, 5.74) is 2.04. The zero-order valence-corrected chi connectivity index (χ0v) is 12.6. The minimum Gasteiger partial charge on any atom is -0.321 e. The zero-order valence-electron chi connectivity index (χ0n) is 12.6. The maximum Gasteiger partial charge on any atom is 0.244 e. The van der Waals surface area contributed by atoms with Gasteiger partial charge in [0.2, 0.25) is 5.91 Å². The average molecular weight is 272 g/mol. The third-order valence-electron chi connectivity index (χ3n) is 4.75. The minimum absolute atomic E-state index is 0.0358. The van der Waals surface area contributed by atoms with Gasteiger partial charge in [0.1, 0.15) is 6.17 Å². The van der Waals surface area contributed by atoms with E-state index in [1.807, 2.05) is 6.92 Å². The number of benzene rings is 1. The maximum atomic E-state index is 12.7. The average Bonchev–Trinajstić information content (AvgIpc) is 3.22. The van der Waals surface area contributed by atoms with E-state index in [9.17, 15) is 4.79 Å². The van der Waals surface area contributed by atoms with Crippen LogP contribution in [0.25, 0.3) is 0 Å². The van der Waals surface area contributed by atoms with Crippen LogP contribution < -0.4 is 5.32 Å². The molecule has 2 unspecified atom stereocenters. The predicted molar refractivity (Wildman–Crippen MR) is 80.2 cm³/mol. The monoisotopic (exact) mass is 272 g/mol. The molecule has 0 aromatic heterocycles. The fraction of sp³-hybridized carbons (Fsp3) is 0.588. The summed E-state index contributed by atoms with van der Waals surface area (Å²) in [5.74, 6) is 0.977.